The van der Waals surface area contributed by atoms with Crippen molar-refractivity contribution >= 4 is 51.3 Å². The van der Waals surface area contributed by atoms with Crippen molar-refractivity contribution in [2.75, 3.05) is 23.4 Å². The van der Waals surface area contributed by atoms with Crippen molar-refractivity contribution in [3.05, 3.63) is 39.2 Å². The SMILES string of the molecule is NC(=O)c1c(NC(=O)CN2C(=O)COc3ccc(Cl)cc32)sc2c1CCCC2. The number of fused-ring (bicyclic) bond motifs is 2. The van der Waals surface area contributed by atoms with E-state index in [1.54, 1.807) is 18.2 Å². The molecule has 9 heteroatoms. The summed E-state index contributed by atoms with van der Waals surface area (Å²) in [5.41, 5.74) is 7.35. The Balaban J connectivity index is 1.58. The van der Waals surface area contributed by atoms with E-state index in [2.05, 4.69) is 5.32 Å². The zero-order chi connectivity index (χ0) is 19.8. The molecule has 2 aliphatic rings. The number of ether oxygens (including phenoxy) is 1. The van der Waals surface area contributed by atoms with Gasteiger partial charge in [-0.3, -0.25) is 19.3 Å². The second kappa shape index (κ2) is 7.44. The van der Waals surface area contributed by atoms with E-state index in [4.69, 9.17) is 22.1 Å². The highest BCUT2D eigenvalue weighted by molar-refractivity contribution is 7.17. The summed E-state index contributed by atoms with van der Waals surface area (Å²) in [7, 11) is 0. The monoisotopic (exact) mass is 419 g/mol. The highest BCUT2D eigenvalue weighted by Crippen LogP contribution is 2.38. The molecular formula is C19H18ClN3O4S. The molecule has 0 fully saturated rings. The molecule has 1 aromatic heterocycles. The quantitative estimate of drug-likeness (QED) is 0.795. The number of hydrogen-bond donors (Lipinski definition) is 2. The number of nitrogens with one attached hydrogen (secondary N) is 1. The highest BCUT2D eigenvalue weighted by atomic mass is 35.5. The number of anilines is 2. The Morgan fingerprint density at radius 3 is 2.86 bits per heavy atom. The molecule has 7 nitrogen and oxygen atoms in total. The summed E-state index contributed by atoms with van der Waals surface area (Å²) in [5.74, 6) is -0.816. The number of primary amides is 1. The van der Waals surface area contributed by atoms with Gasteiger partial charge in [-0.1, -0.05) is 11.6 Å². The molecular weight excluding hydrogens is 402 g/mol. The molecule has 146 valence electrons. The van der Waals surface area contributed by atoms with Crippen molar-refractivity contribution in [1.82, 2.24) is 0 Å². The second-order valence-corrected chi connectivity index (χ2v) is 8.25. The number of nitrogens with two attached hydrogens (primary N) is 1. The summed E-state index contributed by atoms with van der Waals surface area (Å²) in [5, 5.41) is 3.66. The van der Waals surface area contributed by atoms with Crippen molar-refractivity contribution in [3.8, 4) is 5.75 Å². The van der Waals surface area contributed by atoms with Gasteiger partial charge in [-0.25, -0.2) is 0 Å². The Kier molecular flexibility index (Phi) is 4.99. The van der Waals surface area contributed by atoms with Crippen molar-refractivity contribution in [2.45, 2.75) is 25.7 Å². The van der Waals surface area contributed by atoms with Crippen LogP contribution in [0.15, 0.2) is 18.2 Å². The molecule has 1 aromatic carbocycles. The zero-order valence-corrected chi connectivity index (χ0v) is 16.5. The van der Waals surface area contributed by atoms with E-state index < -0.39 is 11.8 Å². The molecule has 0 unspecified atom stereocenters. The highest BCUT2D eigenvalue weighted by Gasteiger charge is 2.29. The number of benzene rings is 1. The van der Waals surface area contributed by atoms with Gasteiger partial charge in [-0.15, -0.1) is 11.3 Å². The summed E-state index contributed by atoms with van der Waals surface area (Å²) in [6.45, 7) is -0.363. The molecule has 1 aliphatic heterocycles. The summed E-state index contributed by atoms with van der Waals surface area (Å²) in [4.78, 5) is 39.4. The summed E-state index contributed by atoms with van der Waals surface area (Å²) in [6.07, 6.45) is 3.72. The van der Waals surface area contributed by atoms with E-state index >= 15 is 0 Å². The number of rotatable bonds is 4. The third-order valence-corrected chi connectivity index (χ3v) is 6.28. The Morgan fingerprint density at radius 2 is 2.07 bits per heavy atom. The predicted molar refractivity (Wildman–Crippen MR) is 107 cm³/mol. The minimum absolute atomic E-state index is 0.151. The third-order valence-electron chi connectivity index (χ3n) is 4.84. The summed E-state index contributed by atoms with van der Waals surface area (Å²) in [6, 6.07) is 4.90. The van der Waals surface area contributed by atoms with Gasteiger partial charge in [-0.2, -0.15) is 0 Å². The molecule has 2 heterocycles. The van der Waals surface area contributed by atoms with Crippen LogP contribution in [0.25, 0.3) is 0 Å². The molecule has 2 aromatic rings. The van der Waals surface area contributed by atoms with Crippen LogP contribution < -0.4 is 20.7 Å². The summed E-state index contributed by atoms with van der Waals surface area (Å²) < 4.78 is 5.39. The van der Waals surface area contributed by atoms with Crippen LogP contribution in [0.2, 0.25) is 5.02 Å². The van der Waals surface area contributed by atoms with Crippen LogP contribution in [0.3, 0.4) is 0 Å². The second-order valence-electron chi connectivity index (χ2n) is 6.71. The minimum atomic E-state index is -0.547. The number of amides is 3. The number of nitrogens with zero attached hydrogens (tertiary/aromatic N) is 1. The van der Waals surface area contributed by atoms with Crippen LogP contribution in [0.1, 0.15) is 33.6 Å². The Hall–Kier alpha value is -2.58. The first-order valence-corrected chi connectivity index (χ1v) is 10.1. The van der Waals surface area contributed by atoms with Gasteiger partial charge in [0.25, 0.3) is 11.8 Å². The third kappa shape index (κ3) is 3.45. The van der Waals surface area contributed by atoms with Gasteiger partial charge in [0.15, 0.2) is 6.61 Å². The molecule has 0 bridgehead atoms. The van der Waals surface area contributed by atoms with Gasteiger partial charge in [0.1, 0.15) is 17.3 Å². The molecule has 3 amide bonds. The van der Waals surface area contributed by atoms with Gasteiger partial charge in [0, 0.05) is 9.90 Å². The maximum Gasteiger partial charge on any atom is 0.265 e. The first kappa shape index (κ1) is 18.8. The van der Waals surface area contributed by atoms with Crippen molar-refractivity contribution in [1.29, 1.82) is 0 Å². The van der Waals surface area contributed by atoms with Crippen LogP contribution in [0, 0.1) is 0 Å². The zero-order valence-electron chi connectivity index (χ0n) is 14.9. The molecule has 0 saturated heterocycles. The number of aryl methyl sites for hydroxylation is 1. The predicted octanol–water partition coefficient (Wildman–Crippen LogP) is 2.74. The van der Waals surface area contributed by atoms with Crippen LogP contribution in [0.4, 0.5) is 10.7 Å². The number of carbonyl (C=O) groups excluding carboxylic acids is 3. The topological polar surface area (TPSA) is 102 Å². The lowest BCUT2D eigenvalue weighted by Crippen LogP contribution is -2.43. The first-order chi connectivity index (χ1) is 13.4. The standard InChI is InChI=1S/C19H18ClN3O4S/c20-10-5-6-13-12(7-10)23(16(25)9-27-13)8-15(24)22-19-17(18(21)26)11-3-1-2-4-14(11)28-19/h5-7H,1-4,8-9H2,(H2,21,26)(H,22,24). The van der Waals surface area contributed by atoms with E-state index in [1.807, 2.05) is 0 Å². The van der Waals surface area contributed by atoms with E-state index in [1.165, 1.54) is 16.2 Å². The van der Waals surface area contributed by atoms with E-state index in [0.29, 0.717) is 27.0 Å². The van der Waals surface area contributed by atoms with E-state index in [9.17, 15) is 14.4 Å². The molecule has 28 heavy (non-hydrogen) atoms. The van der Waals surface area contributed by atoms with Crippen molar-refractivity contribution in [2.24, 2.45) is 5.73 Å². The fourth-order valence-electron chi connectivity index (χ4n) is 3.57. The molecule has 0 spiro atoms. The van der Waals surface area contributed by atoms with Gasteiger partial charge in [0.2, 0.25) is 5.91 Å². The average molecular weight is 420 g/mol. The van der Waals surface area contributed by atoms with Gasteiger partial charge >= 0.3 is 0 Å². The fraction of sp³-hybridized carbons (Fsp3) is 0.316. The minimum Gasteiger partial charge on any atom is -0.482 e. The molecule has 1 aliphatic carbocycles. The summed E-state index contributed by atoms with van der Waals surface area (Å²) >= 11 is 7.41. The molecule has 0 saturated carbocycles. The van der Waals surface area contributed by atoms with Crippen LogP contribution >= 0.6 is 22.9 Å². The van der Waals surface area contributed by atoms with Gasteiger partial charge in [0.05, 0.1) is 11.3 Å². The smallest absolute Gasteiger partial charge is 0.265 e. The molecule has 0 atom stereocenters. The first-order valence-electron chi connectivity index (χ1n) is 8.91. The fourth-order valence-corrected chi connectivity index (χ4v) is 5.05. The van der Waals surface area contributed by atoms with Crippen molar-refractivity contribution in [3.63, 3.8) is 0 Å². The van der Waals surface area contributed by atoms with Crippen LogP contribution in [-0.4, -0.2) is 30.9 Å². The lowest BCUT2D eigenvalue weighted by Gasteiger charge is -2.28. The van der Waals surface area contributed by atoms with Gasteiger partial charge in [-0.05, 0) is 49.4 Å². The Labute approximate surface area is 170 Å². The van der Waals surface area contributed by atoms with Crippen molar-refractivity contribution < 1.29 is 19.1 Å². The van der Waals surface area contributed by atoms with Gasteiger partial charge < -0.3 is 15.8 Å². The van der Waals surface area contributed by atoms with E-state index in [-0.39, 0.29) is 19.1 Å². The maximum absolute atomic E-state index is 12.7. The number of carbonyl (C=O) groups is 3. The number of halogens is 1. The normalized spacial score (nSPS) is 15.5. The van der Waals surface area contributed by atoms with E-state index in [0.717, 1.165) is 36.1 Å². The number of thiophene rings is 1. The lowest BCUT2D eigenvalue weighted by molar-refractivity contribution is -0.123. The largest absolute Gasteiger partial charge is 0.482 e. The maximum atomic E-state index is 12.7. The molecule has 3 N–H and O–H groups in total. The lowest BCUT2D eigenvalue weighted by atomic mass is 9.95. The Morgan fingerprint density at radius 1 is 1.29 bits per heavy atom. The average Bonchev–Trinajstić information content (AvgIpc) is 3.02. The van der Waals surface area contributed by atoms with Crippen LogP contribution in [0.5, 0.6) is 5.75 Å². The molecule has 4 rings (SSSR count). The number of hydrogen-bond acceptors (Lipinski definition) is 5. The molecule has 0 radical (unpaired) electrons. The van der Waals surface area contributed by atoms with Crippen LogP contribution in [-0.2, 0) is 22.4 Å². The Bertz CT molecular complexity index is 988.